The average Bonchev–Trinajstić information content (AvgIpc) is 2.47. The van der Waals surface area contributed by atoms with E-state index >= 15 is 0 Å². The van der Waals surface area contributed by atoms with Crippen LogP contribution in [0.1, 0.15) is 64.7 Å². The average molecular weight is 305 g/mol. The molecule has 2 rings (SSSR count). The fourth-order valence-corrected chi connectivity index (χ4v) is 3.86. The molecule has 1 amide bonds. The normalized spacial score (nSPS) is 34.5. The molecule has 2 unspecified atom stereocenters. The minimum Gasteiger partial charge on any atom is -0.353 e. The molecule has 0 aromatic heterocycles. The van der Waals surface area contributed by atoms with Gasteiger partial charge in [0.05, 0.1) is 5.92 Å². The number of nitrogens with one attached hydrogen (secondary N) is 1. The van der Waals surface area contributed by atoms with Crippen LogP contribution in [0.25, 0.3) is 0 Å². The van der Waals surface area contributed by atoms with Crippen LogP contribution in [0.2, 0.25) is 0 Å². The minimum atomic E-state index is -4.25. The summed E-state index contributed by atoms with van der Waals surface area (Å²) in [5, 5.41) is 2.90. The van der Waals surface area contributed by atoms with Crippen molar-refractivity contribution < 1.29 is 18.0 Å². The lowest BCUT2D eigenvalue weighted by molar-refractivity contribution is -0.198. The molecule has 0 bridgehead atoms. The van der Waals surface area contributed by atoms with E-state index in [1.165, 1.54) is 0 Å². The quantitative estimate of drug-likeness (QED) is 0.820. The van der Waals surface area contributed by atoms with E-state index in [0.717, 1.165) is 44.4 Å². The van der Waals surface area contributed by atoms with Crippen LogP contribution in [0.4, 0.5) is 13.2 Å². The molecule has 2 nitrogen and oxygen atoms in total. The van der Waals surface area contributed by atoms with Crippen molar-refractivity contribution in [1.82, 2.24) is 5.32 Å². The molecule has 0 aliphatic heterocycles. The fraction of sp³-hybridized carbons (Fsp3) is 0.938. The molecule has 21 heavy (non-hydrogen) atoms. The largest absolute Gasteiger partial charge is 0.392 e. The monoisotopic (exact) mass is 305 g/mol. The fourth-order valence-electron chi connectivity index (χ4n) is 3.86. The zero-order valence-electron chi connectivity index (χ0n) is 12.7. The van der Waals surface area contributed by atoms with Crippen molar-refractivity contribution in [1.29, 1.82) is 0 Å². The topological polar surface area (TPSA) is 29.1 Å². The summed E-state index contributed by atoms with van der Waals surface area (Å²) in [6, 6.07) is 0.0797. The Labute approximate surface area is 124 Å². The van der Waals surface area contributed by atoms with Gasteiger partial charge < -0.3 is 5.32 Å². The maximum absolute atomic E-state index is 13.0. The van der Waals surface area contributed by atoms with Gasteiger partial charge in [-0.3, -0.25) is 4.79 Å². The van der Waals surface area contributed by atoms with Gasteiger partial charge in [0.1, 0.15) is 0 Å². The van der Waals surface area contributed by atoms with Crippen molar-refractivity contribution >= 4 is 5.91 Å². The number of carbonyl (C=O) groups excluding carboxylic acids is 1. The number of alkyl halides is 3. The van der Waals surface area contributed by atoms with Gasteiger partial charge in [-0.1, -0.05) is 26.2 Å². The van der Waals surface area contributed by atoms with Crippen LogP contribution < -0.4 is 5.32 Å². The Kier molecular flexibility index (Phi) is 5.55. The van der Waals surface area contributed by atoms with Gasteiger partial charge in [-0.2, -0.15) is 13.2 Å². The molecule has 122 valence electrons. The second kappa shape index (κ2) is 7.01. The molecule has 0 radical (unpaired) electrons. The van der Waals surface area contributed by atoms with Gasteiger partial charge in [-0.25, -0.2) is 0 Å². The molecule has 2 fully saturated rings. The van der Waals surface area contributed by atoms with Gasteiger partial charge >= 0.3 is 6.18 Å². The number of carbonyl (C=O) groups is 1. The van der Waals surface area contributed by atoms with E-state index in [-0.39, 0.29) is 18.4 Å². The molecular formula is C16H26F3NO. The Morgan fingerprint density at radius 1 is 1.05 bits per heavy atom. The molecule has 5 heteroatoms. The minimum absolute atomic E-state index is 0.0797. The van der Waals surface area contributed by atoms with E-state index in [4.69, 9.17) is 0 Å². The van der Waals surface area contributed by atoms with Crippen LogP contribution in [0.3, 0.4) is 0 Å². The maximum atomic E-state index is 13.0. The van der Waals surface area contributed by atoms with Crippen LogP contribution in [0.15, 0.2) is 0 Å². The van der Waals surface area contributed by atoms with E-state index in [1.807, 2.05) is 0 Å². The Bertz CT molecular complexity index is 348. The molecule has 0 aromatic carbocycles. The van der Waals surface area contributed by atoms with Crippen molar-refractivity contribution in [3.8, 4) is 0 Å². The number of halogens is 3. The van der Waals surface area contributed by atoms with Crippen LogP contribution in [0, 0.1) is 17.8 Å². The standard InChI is InChI=1S/C16H26F3NO/c1-2-11-7-9-12(10-8-11)20-15(21)13-5-3-4-6-14(13)16(17,18)19/h11-14H,2-10H2,1H3,(H,20,21). The van der Waals surface area contributed by atoms with E-state index in [0.29, 0.717) is 12.8 Å². The van der Waals surface area contributed by atoms with Gasteiger partial charge in [0, 0.05) is 12.0 Å². The van der Waals surface area contributed by atoms with Crippen molar-refractivity contribution in [3.05, 3.63) is 0 Å². The molecule has 0 aromatic rings. The summed E-state index contributed by atoms with van der Waals surface area (Å²) in [7, 11) is 0. The van der Waals surface area contributed by atoms with Crippen molar-refractivity contribution in [2.24, 2.45) is 17.8 Å². The molecule has 0 saturated heterocycles. The first kappa shape index (κ1) is 16.6. The molecular weight excluding hydrogens is 279 g/mol. The van der Waals surface area contributed by atoms with E-state index in [9.17, 15) is 18.0 Å². The highest BCUT2D eigenvalue weighted by Gasteiger charge is 2.48. The molecule has 2 saturated carbocycles. The highest BCUT2D eigenvalue weighted by Crippen LogP contribution is 2.41. The second-order valence-electron chi connectivity index (χ2n) is 6.67. The predicted molar refractivity (Wildman–Crippen MR) is 75.7 cm³/mol. The third-order valence-electron chi connectivity index (χ3n) is 5.29. The van der Waals surface area contributed by atoms with Gasteiger partial charge in [0.15, 0.2) is 0 Å². The number of hydrogen-bond donors (Lipinski definition) is 1. The van der Waals surface area contributed by atoms with Gasteiger partial charge in [-0.15, -0.1) is 0 Å². The van der Waals surface area contributed by atoms with Crippen molar-refractivity contribution in [2.75, 3.05) is 0 Å². The Balaban J connectivity index is 1.89. The highest BCUT2D eigenvalue weighted by molar-refractivity contribution is 5.79. The molecule has 2 aliphatic carbocycles. The number of amides is 1. The second-order valence-corrected chi connectivity index (χ2v) is 6.67. The van der Waals surface area contributed by atoms with Gasteiger partial charge in [-0.05, 0) is 44.4 Å². The predicted octanol–water partition coefficient (Wildman–Crippen LogP) is 4.44. The SMILES string of the molecule is CCC1CCC(NC(=O)C2CCCCC2C(F)(F)F)CC1. The Morgan fingerprint density at radius 3 is 2.24 bits per heavy atom. The van der Waals surface area contributed by atoms with Gasteiger partial charge in [0.25, 0.3) is 0 Å². The summed E-state index contributed by atoms with van der Waals surface area (Å²) < 4.78 is 39.1. The van der Waals surface area contributed by atoms with Gasteiger partial charge in [0.2, 0.25) is 5.91 Å². The van der Waals surface area contributed by atoms with E-state index in [2.05, 4.69) is 12.2 Å². The summed E-state index contributed by atoms with van der Waals surface area (Å²) in [4.78, 5) is 12.3. The van der Waals surface area contributed by atoms with E-state index in [1.54, 1.807) is 0 Å². The zero-order valence-corrected chi connectivity index (χ0v) is 12.7. The van der Waals surface area contributed by atoms with E-state index < -0.39 is 18.0 Å². The lowest BCUT2D eigenvalue weighted by Gasteiger charge is -2.34. The summed E-state index contributed by atoms with van der Waals surface area (Å²) in [6.45, 7) is 2.17. The van der Waals surface area contributed by atoms with Crippen LogP contribution in [-0.2, 0) is 4.79 Å². The molecule has 2 atom stereocenters. The first-order chi connectivity index (χ1) is 9.91. The van der Waals surface area contributed by atoms with Crippen molar-refractivity contribution in [2.45, 2.75) is 76.9 Å². The Morgan fingerprint density at radius 2 is 1.67 bits per heavy atom. The van der Waals surface area contributed by atoms with Crippen LogP contribution >= 0.6 is 0 Å². The third-order valence-corrected chi connectivity index (χ3v) is 5.29. The summed E-state index contributed by atoms with van der Waals surface area (Å²) >= 11 is 0. The van der Waals surface area contributed by atoms with Crippen LogP contribution in [0.5, 0.6) is 0 Å². The third kappa shape index (κ3) is 4.36. The summed E-state index contributed by atoms with van der Waals surface area (Å²) in [5.74, 6) is -1.96. The number of hydrogen-bond acceptors (Lipinski definition) is 1. The maximum Gasteiger partial charge on any atom is 0.392 e. The zero-order chi connectivity index (χ0) is 15.5. The van der Waals surface area contributed by atoms with Crippen molar-refractivity contribution in [3.63, 3.8) is 0 Å². The first-order valence-corrected chi connectivity index (χ1v) is 8.29. The highest BCUT2D eigenvalue weighted by atomic mass is 19.4. The smallest absolute Gasteiger partial charge is 0.353 e. The number of rotatable bonds is 3. The lowest BCUT2D eigenvalue weighted by Crippen LogP contribution is -2.46. The lowest BCUT2D eigenvalue weighted by atomic mass is 9.77. The molecule has 2 aliphatic rings. The first-order valence-electron chi connectivity index (χ1n) is 8.29. The molecule has 0 heterocycles. The summed E-state index contributed by atoms with van der Waals surface area (Å²) in [5.41, 5.74) is 0. The Hall–Kier alpha value is -0.740. The summed E-state index contributed by atoms with van der Waals surface area (Å²) in [6.07, 6.45) is 2.67. The molecule has 1 N–H and O–H groups in total. The molecule has 0 spiro atoms. The van der Waals surface area contributed by atoms with Crippen LogP contribution in [-0.4, -0.2) is 18.1 Å².